The quantitative estimate of drug-likeness (QED) is 0.326. The van der Waals surface area contributed by atoms with Crippen molar-refractivity contribution in [3.05, 3.63) is 64.7 Å². The van der Waals surface area contributed by atoms with Gasteiger partial charge in [0.05, 0.1) is 38.5 Å². The second-order valence-corrected chi connectivity index (χ2v) is 8.63. The van der Waals surface area contributed by atoms with Crippen LogP contribution in [0.4, 0.5) is 0 Å². The van der Waals surface area contributed by atoms with Gasteiger partial charge in [-0.25, -0.2) is 0 Å². The Bertz CT molecular complexity index is 1110. The molecule has 0 bridgehead atoms. The van der Waals surface area contributed by atoms with Crippen LogP contribution >= 0.6 is 12.4 Å². The second kappa shape index (κ2) is 12.3. The number of aliphatic hydroxyl groups is 1. The lowest BCUT2D eigenvalue weighted by atomic mass is 9.94. The normalized spacial score (nSPS) is 19.8. The fourth-order valence-electron chi connectivity index (χ4n) is 4.59. The van der Waals surface area contributed by atoms with Gasteiger partial charge >= 0.3 is 0 Å². The summed E-state index contributed by atoms with van der Waals surface area (Å²) in [6, 6.07) is 11.8. The summed E-state index contributed by atoms with van der Waals surface area (Å²) >= 11 is 0. The number of methoxy groups -OCH3 is 1. The van der Waals surface area contributed by atoms with E-state index < -0.39 is 17.7 Å². The number of hydrogen-bond donors (Lipinski definition) is 1. The van der Waals surface area contributed by atoms with Gasteiger partial charge in [-0.2, -0.15) is 0 Å². The zero-order valence-electron chi connectivity index (χ0n) is 20.9. The van der Waals surface area contributed by atoms with E-state index in [4.69, 9.17) is 14.2 Å². The van der Waals surface area contributed by atoms with E-state index in [0.29, 0.717) is 50.0 Å². The molecule has 9 heteroatoms. The molecule has 0 saturated carbocycles. The van der Waals surface area contributed by atoms with Crippen LogP contribution in [0.25, 0.3) is 5.76 Å². The highest BCUT2D eigenvalue weighted by atomic mass is 35.5. The zero-order chi connectivity index (χ0) is 24.9. The SMILES string of the molecule is CCOc1ccc(C(O)=C2C(=O)C(=O)N(CCN3CCOCC3)C2c2ccc(OC)cc2)cc1C.Cl. The number of rotatable bonds is 8. The first kappa shape index (κ1) is 27.5. The average molecular weight is 517 g/mol. The molecule has 0 radical (unpaired) electrons. The molecular formula is C27H33ClN2O6. The van der Waals surface area contributed by atoms with Crippen LogP contribution in [0.3, 0.4) is 0 Å². The number of Topliss-reactive ketones (excluding diaryl/α,β-unsaturated/α-hetero) is 1. The summed E-state index contributed by atoms with van der Waals surface area (Å²) in [5.74, 6) is -0.104. The van der Waals surface area contributed by atoms with Gasteiger partial charge in [0.15, 0.2) is 0 Å². The fourth-order valence-corrected chi connectivity index (χ4v) is 4.59. The predicted molar refractivity (Wildman–Crippen MR) is 139 cm³/mol. The Hall–Kier alpha value is -3.07. The number of aliphatic hydroxyl groups excluding tert-OH is 1. The maximum atomic E-state index is 13.3. The van der Waals surface area contributed by atoms with Crippen LogP contribution in [0.1, 0.15) is 29.7 Å². The van der Waals surface area contributed by atoms with E-state index in [1.807, 2.05) is 26.0 Å². The number of likely N-dealkylation sites (tertiary alicyclic amines) is 1. The van der Waals surface area contributed by atoms with Crippen molar-refractivity contribution in [2.75, 3.05) is 53.1 Å². The van der Waals surface area contributed by atoms with Crippen LogP contribution in [-0.4, -0.2) is 79.7 Å². The summed E-state index contributed by atoms with van der Waals surface area (Å²) in [5, 5.41) is 11.3. The van der Waals surface area contributed by atoms with E-state index in [2.05, 4.69) is 4.90 Å². The third-order valence-corrected chi connectivity index (χ3v) is 6.48. The molecule has 2 aliphatic rings. The highest BCUT2D eigenvalue weighted by Gasteiger charge is 2.46. The van der Waals surface area contributed by atoms with Crippen molar-refractivity contribution in [1.82, 2.24) is 9.80 Å². The van der Waals surface area contributed by atoms with Crippen molar-refractivity contribution in [3.63, 3.8) is 0 Å². The third kappa shape index (κ3) is 5.67. The standard InChI is InChI=1S/C27H32N2O6.ClH/c1-4-35-22-10-7-20(17-18(22)2)25(30)23-24(19-5-8-21(33-3)9-6-19)29(27(32)26(23)31)12-11-28-13-15-34-16-14-28;/h5-10,17,24,30H,4,11-16H2,1-3H3;1H. The van der Waals surface area contributed by atoms with Crippen LogP contribution < -0.4 is 9.47 Å². The second-order valence-electron chi connectivity index (χ2n) is 8.63. The Kier molecular flexibility index (Phi) is 9.37. The van der Waals surface area contributed by atoms with Crippen molar-refractivity contribution >= 4 is 29.9 Å². The van der Waals surface area contributed by atoms with E-state index in [1.54, 1.807) is 42.3 Å². The summed E-state index contributed by atoms with van der Waals surface area (Å²) in [6.45, 7) is 8.15. The first-order chi connectivity index (χ1) is 16.9. The first-order valence-electron chi connectivity index (χ1n) is 11.9. The maximum absolute atomic E-state index is 13.3. The van der Waals surface area contributed by atoms with Gasteiger partial charge in [0.25, 0.3) is 11.7 Å². The van der Waals surface area contributed by atoms with E-state index in [9.17, 15) is 14.7 Å². The van der Waals surface area contributed by atoms with Gasteiger partial charge in [0, 0.05) is 31.7 Å². The first-order valence-corrected chi connectivity index (χ1v) is 11.9. The summed E-state index contributed by atoms with van der Waals surface area (Å²) in [6.07, 6.45) is 0. The molecule has 8 nitrogen and oxygen atoms in total. The number of ether oxygens (including phenoxy) is 3. The largest absolute Gasteiger partial charge is 0.507 e. The lowest BCUT2D eigenvalue weighted by Crippen LogP contribution is -2.42. The van der Waals surface area contributed by atoms with Crippen molar-refractivity contribution in [3.8, 4) is 11.5 Å². The number of amides is 1. The molecule has 4 rings (SSSR count). The predicted octanol–water partition coefficient (Wildman–Crippen LogP) is 3.58. The molecular weight excluding hydrogens is 484 g/mol. The molecule has 0 aliphatic carbocycles. The summed E-state index contributed by atoms with van der Waals surface area (Å²) in [4.78, 5) is 30.2. The summed E-state index contributed by atoms with van der Waals surface area (Å²) in [7, 11) is 1.58. The number of aryl methyl sites for hydroxylation is 1. The Morgan fingerprint density at radius 1 is 1.08 bits per heavy atom. The van der Waals surface area contributed by atoms with Crippen molar-refractivity contribution in [2.45, 2.75) is 19.9 Å². The lowest BCUT2D eigenvalue weighted by Gasteiger charge is -2.31. The minimum atomic E-state index is -0.700. The van der Waals surface area contributed by atoms with Gasteiger partial charge in [-0.05, 0) is 55.3 Å². The van der Waals surface area contributed by atoms with E-state index in [0.717, 1.165) is 24.2 Å². The number of ketones is 1. The minimum absolute atomic E-state index is 0. The lowest BCUT2D eigenvalue weighted by molar-refractivity contribution is -0.140. The molecule has 2 heterocycles. The Balaban J connectivity index is 0.00000361. The van der Waals surface area contributed by atoms with Crippen molar-refractivity contribution in [2.24, 2.45) is 0 Å². The van der Waals surface area contributed by atoms with Crippen LogP contribution in [0.2, 0.25) is 0 Å². The summed E-state index contributed by atoms with van der Waals surface area (Å²) < 4.78 is 16.3. The molecule has 1 N–H and O–H groups in total. The molecule has 0 spiro atoms. The van der Waals surface area contributed by atoms with E-state index >= 15 is 0 Å². The molecule has 1 amide bonds. The van der Waals surface area contributed by atoms with Crippen LogP contribution in [0, 0.1) is 6.92 Å². The van der Waals surface area contributed by atoms with Gasteiger partial charge in [-0.15, -0.1) is 12.4 Å². The maximum Gasteiger partial charge on any atom is 0.295 e. The van der Waals surface area contributed by atoms with Gasteiger partial charge in [-0.3, -0.25) is 14.5 Å². The van der Waals surface area contributed by atoms with E-state index in [-0.39, 0.29) is 23.7 Å². The van der Waals surface area contributed by atoms with Crippen LogP contribution in [0.15, 0.2) is 48.0 Å². The highest BCUT2D eigenvalue weighted by Crippen LogP contribution is 2.40. The van der Waals surface area contributed by atoms with Gasteiger partial charge in [0.2, 0.25) is 0 Å². The molecule has 2 saturated heterocycles. The molecule has 2 aliphatic heterocycles. The monoisotopic (exact) mass is 516 g/mol. The molecule has 2 fully saturated rings. The summed E-state index contributed by atoms with van der Waals surface area (Å²) in [5.41, 5.74) is 2.12. The number of carbonyl (C=O) groups excluding carboxylic acids is 2. The van der Waals surface area contributed by atoms with Crippen molar-refractivity contribution < 1.29 is 28.9 Å². The number of morpholine rings is 1. The molecule has 36 heavy (non-hydrogen) atoms. The van der Waals surface area contributed by atoms with Gasteiger partial charge < -0.3 is 24.2 Å². The Labute approximate surface area is 217 Å². The highest BCUT2D eigenvalue weighted by molar-refractivity contribution is 6.46. The number of nitrogens with zero attached hydrogens (tertiary/aromatic N) is 2. The molecule has 0 aromatic heterocycles. The van der Waals surface area contributed by atoms with Crippen molar-refractivity contribution in [1.29, 1.82) is 0 Å². The topological polar surface area (TPSA) is 88.5 Å². The molecule has 1 unspecified atom stereocenters. The Morgan fingerprint density at radius 2 is 1.78 bits per heavy atom. The molecule has 194 valence electrons. The Morgan fingerprint density at radius 3 is 2.39 bits per heavy atom. The van der Waals surface area contributed by atoms with Gasteiger partial charge in [-0.1, -0.05) is 12.1 Å². The van der Waals surface area contributed by atoms with Crippen LogP contribution in [-0.2, 0) is 14.3 Å². The van der Waals surface area contributed by atoms with Crippen LogP contribution in [0.5, 0.6) is 11.5 Å². The third-order valence-electron chi connectivity index (χ3n) is 6.48. The fraction of sp³-hybridized carbons (Fsp3) is 0.407. The minimum Gasteiger partial charge on any atom is -0.507 e. The van der Waals surface area contributed by atoms with Gasteiger partial charge in [0.1, 0.15) is 17.3 Å². The average Bonchev–Trinajstić information content (AvgIpc) is 3.14. The number of benzene rings is 2. The molecule has 1 atom stereocenters. The smallest absolute Gasteiger partial charge is 0.295 e. The molecule has 2 aromatic rings. The number of halogens is 1. The molecule has 2 aromatic carbocycles. The zero-order valence-corrected chi connectivity index (χ0v) is 21.7. The van der Waals surface area contributed by atoms with E-state index in [1.165, 1.54) is 0 Å². The number of hydrogen-bond acceptors (Lipinski definition) is 7. The number of carbonyl (C=O) groups is 2.